The van der Waals surface area contributed by atoms with E-state index in [9.17, 15) is 9.46 Å². The molecule has 5 nitrogen and oxygen atoms in total. The number of benzene rings is 2. The van der Waals surface area contributed by atoms with Crippen molar-refractivity contribution in [1.82, 2.24) is 4.57 Å². The number of methoxy groups -OCH3 is 1. The van der Waals surface area contributed by atoms with Crippen molar-refractivity contribution >= 4 is 19.2 Å². The van der Waals surface area contributed by atoms with Gasteiger partial charge in [-0.05, 0) is 41.2 Å². The fourth-order valence-electron chi connectivity index (χ4n) is 3.63. The van der Waals surface area contributed by atoms with Crippen LogP contribution in [0.5, 0.6) is 5.75 Å². The van der Waals surface area contributed by atoms with E-state index in [4.69, 9.17) is 9.26 Å². The van der Waals surface area contributed by atoms with Crippen LogP contribution in [0.2, 0.25) is 0 Å². The number of aromatic nitrogens is 1. The number of hydrogen-bond acceptors (Lipinski definition) is 4. The first-order chi connectivity index (χ1) is 13.0. The number of ether oxygens (including phenoxy) is 1. The molecule has 1 aromatic heterocycles. The fraction of sp³-hybridized carbons (Fsp3) is 0.333. The van der Waals surface area contributed by atoms with Gasteiger partial charge in [0.2, 0.25) is 0 Å². The molecule has 3 rings (SSSR count). The maximum absolute atomic E-state index is 11.4. The van der Waals surface area contributed by atoms with Crippen LogP contribution in [-0.4, -0.2) is 11.7 Å². The van der Waals surface area contributed by atoms with Crippen molar-refractivity contribution in [3.8, 4) is 5.75 Å². The summed E-state index contributed by atoms with van der Waals surface area (Å²) in [5, 5.41) is 0.950. The van der Waals surface area contributed by atoms with E-state index in [2.05, 4.69) is 16.7 Å². The van der Waals surface area contributed by atoms with E-state index in [0.29, 0.717) is 19.4 Å². The number of hydrogen-bond donors (Lipinski definition) is 0. The van der Waals surface area contributed by atoms with Gasteiger partial charge < -0.3 is 14.2 Å². The average Bonchev–Trinajstić information content (AvgIpc) is 3.05. The molecule has 0 N–H and O–H groups in total. The smallest absolute Gasteiger partial charge is 0.489 e. The molecule has 1 unspecified atom stereocenters. The zero-order chi connectivity index (χ0) is 19.4. The molecule has 0 fully saturated rings. The van der Waals surface area contributed by atoms with Crippen LogP contribution in [0.15, 0.2) is 54.7 Å². The minimum Gasteiger partial charge on any atom is -0.566 e. The van der Waals surface area contributed by atoms with Gasteiger partial charge in [-0.2, -0.15) is 0 Å². The first kappa shape index (κ1) is 19.6. The highest BCUT2D eigenvalue weighted by Crippen LogP contribution is 2.43. The molecular weight excluding hydrogens is 361 g/mol. The van der Waals surface area contributed by atoms with E-state index < -0.39 is 13.9 Å². The summed E-state index contributed by atoms with van der Waals surface area (Å²) >= 11 is 0. The van der Waals surface area contributed by atoms with E-state index in [1.807, 2.05) is 56.4 Å². The average molecular weight is 385 g/mol. The molecule has 0 spiro atoms. The van der Waals surface area contributed by atoms with E-state index in [1.54, 1.807) is 7.11 Å². The van der Waals surface area contributed by atoms with Gasteiger partial charge in [-0.1, -0.05) is 44.2 Å². The molecule has 0 aliphatic carbocycles. The van der Waals surface area contributed by atoms with Gasteiger partial charge in [0.05, 0.1) is 7.11 Å². The van der Waals surface area contributed by atoms with Gasteiger partial charge in [-0.25, -0.2) is 0 Å². The van der Waals surface area contributed by atoms with E-state index >= 15 is 0 Å². The molecule has 27 heavy (non-hydrogen) atoms. The zero-order valence-corrected chi connectivity index (χ0v) is 16.7. The van der Waals surface area contributed by atoms with Gasteiger partial charge in [0, 0.05) is 29.2 Å². The van der Waals surface area contributed by atoms with Crippen molar-refractivity contribution in [3.05, 3.63) is 65.9 Å². The van der Waals surface area contributed by atoms with Crippen LogP contribution in [0.3, 0.4) is 0 Å². The lowest BCUT2D eigenvalue weighted by molar-refractivity contribution is -0.197. The second kappa shape index (κ2) is 8.22. The molecule has 2 aromatic carbocycles. The summed E-state index contributed by atoms with van der Waals surface area (Å²) in [5.74, 6) is 0.730. The third-order valence-corrected chi connectivity index (χ3v) is 5.66. The molecule has 0 amide bonds. The Labute approximate surface area is 160 Å². The largest absolute Gasteiger partial charge is 0.566 e. The number of fused-ring (bicyclic) bond motifs is 1. The topological polar surface area (TPSA) is 63.5 Å². The summed E-state index contributed by atoms with van der Waals surface area (Å²) in [6, 6.07) is 16.0. The molecule has 0 saturated carbocycles. The second-order valence-corrected chi connectivity index (χ2v) is 7.19. The minimum absolute atomic E-state index is 0.550. The van der Waals surface area contributed by atoms with Gasteiger partial charge >= 0.3 is 8.25 Å². The second-order valence-electron chi connectivity index (χ2n) is 6.56. The van der Waals surface area contributed by atoms with Gasteiger partial charge in [0.1, 0.15) is 5.75 Å². The van der Waals surface area contributed by atoms with Gasteiger partial charge in [0.25, 0.3) is 0 Å². The molecule has 1 atom stereocenters. The Bertz CT molecular complexity index is 932. The van der Waals surface area contributed by atoms with Gasteiger partial charge in [-0.3, -0.25) is 0 Å². The lowest BCUT2D eigenvalue weighted by Gasteiger charge is -2.25. The summed E-state index contributed by atoms with van der Waals surface area (Å²) in [6.45, 7) is 4.59. The lowest BCUT2D eigenvalue weighted by atomic mass is 9.88. The maximum atomic E-state index is 11.4. The van der Waals surface area contributed by atoms with Crippen LogP contribution in [-0.2, 0) is 21.2 Å². The molecule has 6 heteroatoms. The van der Waals surface area contributed by atoms with E-state index in [1.165, 1.54) is 5.56 Å². The zero-order valence-electron chi connectivity index (χ0n) is 15.8. The first-order valence-corrected chi connectivity index (χ1v) is 10.2. The van der Waals surface area contributed by atoms with Crippen molar-refractivity contribution in [2.24, 2.45) is 0 Å². The Morgan fingerprint density at radius 3 is 2.41 bits per heavy atom. The van der Waals surface area contributed by atoms with Crippen LogP contribution in [0.25, 0.3) is 10.9 Å². The highest BCUT2D eigenvalue weighted by Gasteiger charge is 2.38. The third kappa shape index (κ3) is 3.91. The lowest BCUT2D eigenvalue weighted by Crippen LogP contribution is -2.26. The monoisotopic (exact) mass is 385 g/mol. The van der Waals surface area contributed by atoms with Gasteiger partial charge in [0.15, 0.2) is 5.60 Å². The Morgan fingerprint density at radius 2 is 1.81 bits per heavy atom. The molecule has 0 saturated heterocycles. The van der Waals surface area contributed by atoms with Crippen molar-refractivity contribution in [1.29, 1.82) is 0 Å². The van der Waals surface area contributed by atoms with Crippen LogP contribution in [0.1, 0.15) is 37.8 Å². The van der Waals surface area contributed by atoms with Gasteiger partial charge in [-0.15, -0.1) is 4.52 Å². The molecule has 1 heterocycles. The molecule has 0 bridgehead atoms. The third-order valence-electron chi connectivity index (χ3n) is 5.17. The van der Waals surface area contributed by atoms with Crippen molar-refractivity contribution in [2.45, 2.75) is 38.8 Å². The summed E-state index contributed by atoms with van der Waals surface area (Å²) in [7, 11) is -1.34. The van der Waals surface area contributed by atoms with Crippen LogP contribution < -0.4 is 9.63 Å². The predicted molar refractivity (Wildman–Crippen MR) is 105 cm³/mol. The normalized spacial score (nSPS) is 12.4. The first-order valence-electron chi connectivity index (χ1n) is 9.07. The van der Waals surface area contributed by atoms with Crippen molar-refractivity contribution < 1.29 is 18.7 Å². The molecule has 3 aromatic rings. The highest BCUT2D eigenvalue weighted by molar-refractivity contribution is 7.30. The summed E-state index contributed by atoms with van der Waals surface area (Å²) in [5.41, 5.74) is 2.18. The van der Waals surface area contributed by atoms with Crippen LogP contribution in [0.4, 0.5) is 0 Å². The number of nitrogens with zero attached hydrogens (tertiary/aromatic N) is 1. The number of rotatable bonds is 8. The van der Waals surface area contributed by atoms with Crippen molar-refractivity contribution in [2.75, 3.05) is 7.11 Å². The predicted octanol–water partition coefficient (Wildman–Crippen LogP) is 4.75. The Kier molecular flexibility index (Phi) is 5.95. The van der Waals surface area contributed by atoms with E-state index in [0.717, 1.165) is 22.2 Å². The highest BCUT2D eigenvalue weighted by atomic mass is 31.1. The Hall–Kier alpha value is -2.20. The quantitative estimate of drug-likeness (QED) is 0.525. The molecule has 142 valence electrons. The maximum Gasteiger partial charge on any atom is 0.489 e. The van der Waals surface area contributed by atoms with Crippen LogP contribution >= 0.6 is 8.25 Å². The molecule has 0 aliphatic heterocycles. The van der Waals surface area contributed by atoms with Crippen LogP contribution in [0, 0.1) is 0 Å². The SMILES string of the molecule is CCC(CC)(O[P+](=O)[O-])c1cn(Cc2ccccc2)c2ccc(OC)cc12. The fourth-order valence-corrected chi connectivity index (χ4v) is 4.27. The molecular formula is C21H24NO4P. The van der Waals surface area contributed by atoms with E-state index in [-0.39, 0.29) is 0 Å². The Morgan fingerprint density at radius 1 is 1.11 bits per heavy atom. The minimum atomic E-state index is -2.97. The Balaban J connectivity index is 2.20. The standard InChI is InChI=1S/C21H24NO4P/c1-4-21(5-2,26-27(23)24)19-15-22(14-16-9-7-6-8-10-16)20-12-11-17(25-3)13-18(19)20/h6-13,15H,4-5,14H2,1-3H3. The summed E-state index contributed by atoms with van der Waals surface area (Å²) < 4.78 is 24.4. The van der Waals surface area contributed by atoms with Crippen molar-refractivity contribution in [3.63, 3.8) is 0 Å². The summed E-state index contributed by atoms with van der Waals surface area (Å²) in [6.07, 6.45) is 3.12. The molecule has 0 radical (unpaired) electrons. The molecule has 0 aliphatic rings. The summed E-state index contributed by atoms with van der Waals surface area (Å²) in [4.78, 5) is 11.4.